The summed E-state index contributed by atoms with van der Waals surface area (Å²) >= 11 is 0. The van der Waals surface area contributed by atoms with Crippen molar-refractivity contribution >= 4 is 40.6 Å². The molecule has 5 amide bonds. The van der Waals surface area contributed by atoms with Crippen LogP contribution in [0.15, 0.2) is 54.9 Å². The molecule has 3 aromatic rings. The largest absolute Gasteiger partial charge is 0.497 e. The summed E-state index contributed by atoms with van der Waals surface area (Å²) in [5, 5.41) is 8.62. The minimum Gasteiger partial charge on any atom is -0.497 e. The molecule has 1 aliphatic rings. The van der Waals surface area contributed by atoms with Gasteiger partial charge in [0, 0.05) is 51.9 Å². The van der Waals surface area contributed by atoms with Gasteiger partial charge in [-0.05, 0) is 61.9 Å². The predicted octanol–water partition coefficient (Wildman–Crippen LogP) is 2.49. The third-order valence-corrected chi connectivity index (χ3v) is 8.63. The highest BCUT2D eigenvalue weighted by atomic mass is 16.5. The van der Waals surface area contributed by atoms with E-state index in [2.05, 4.69) is 25.9 Å². The van der Waals surface area contributed by atoms with E-state index in [-0.39, 0.29) is 49.6 Å². The lowest BCUT2D eigenvalue weighted by Gasteiger charge is -2.30. The number of amides is 5. The number of carbonyl (C=O) groups excluding carboxylic acids is 5. The van der Waals surface area contributed by atoms with Crippen LogP contribution in [0.4, 0.5) is 0 Å². The molecule has 0 spiro atoms. The standard InChI is InChI=1S/C36H47N7O6/c1-23(2)21-29-34(46)41-30(22-25-12-14-26(49-5)15-13-25)36(48)42(4)24(3)33(45)39-16-8-20-43(19-7-11-31(44)40-29)35(47)27-9-6-10-28-32(27)38-18-17-37-28/h6,9-10,12-15,17-18,23-24,29-30H,7-8,11,16,19-22H2,1-5H3,(H,39,45)(H,40,44)(H,41,46)/t24-,29+,30-/m0/s1. The Bertz CT molecular complexity index is 1620. The van der Waals surface area contributed by atoms with E-state index in [1.807, 2.05) is 26.0 Å². The molecule has 1 aliphatic heterocycles. The molecule has 0 unspecified atom stereocenters. The van der Waals surface area contributed by atoms with Crippen molar-refractivity contribution in [1.29, 1.82) is 0 Å². The van der Waals surface area contributed by atoms with Crippen LogP contribution < -0.4 is 20.7 Å². The summed E-state index contributed by atoms with van der Waals surface area (Å²) in [6.07, 6.45) is 4.48. The number of methoxy groups -OCH3 is 1. The van der Waals surface area contributed by atoms with Crippen molar-refractivity contribution in [1.82, 2.24) is 35.7 Å². The van der Waals surface area contributed by atoms with Gasteiger partial charge in [0.1, 0.15) is 29.4 Å². The molecule has 0 aliphatic carbocycles. The molecular formula is C36H47N7O6. The van der Waals surface area contributed by atoms with Crippen LogP contribution in [0.1, 0.15) is 62.4 Å². The van der Waals surface area contributed by atoms with Gasteiger partial charge in [-0.3, -0.25) is 33.9 Å². The fraction of sp³-hybridized carbons (Fsp3) is 0.472. The first-order chi connectivity index (χ1) is 23.5. The summed E-state index contributed by atoms with van der Waals surface area (Å²) in [6, 6.07) is 9.67. The minimum atomic E-state index is -0.995. The number of fused-ring (bicyclic) bond motifs is 1. The Kier molecular flexibility index (Phi) is 13.0. The smallest absolute Gasteiger partial charge is 0.256 e. The Morgan fingerprint density at radius 2 is 1.65 bits per heavy atom. The van der Waals surface area contributed by atoms with Gasteiger partial charge in [0.25, 0.3) is 5.91 Å². The molecular weight excluding hydrogens is 626 g/mol. The lowest BCUT2D eigenvalue weighted by Crippen LogP contribution is -2.57. The number of aromatic nitrogens is 2. The summed E-state index contributed by atoms with van der Waals surface area (Å²) in [5.41, 5.74) is 2.25. The number of para-hydroxylation sites is 1. The molecule has 0 radical (unpaired) electrons. The van der Waals surface area contributed by atoms with Gasteiger partial charge in [-0.1, -0.05) is 32.0 Å². The number of rotatable bonds is 6. The summed E-state index contributed by atoms with van der Waals surface area (Å²) in [6.45, 7) is 6.35. The Balaban J connectivity index is 1.58. The van der Waals surface area contributed by atoms with Crippen LogP contribution in [0.3, 0.4) is 0 Å². The molecule has 1 aromatic heterocycles. The lowest BCUT2D eigenvalue weighted by molar-refractivity contribution is -0.141. The molecule has 262 valence electrons. The van der Waals surface area contributed by atoms with E-state index in [0.29, 0.717) is 48.2 Å². The van der Waals surface area contributed by atoms with E-state index in [9.17, 15) is 24.0 Å². The maximum Gasteiger partial charge on any atom is 0.256 e. The Morgan fingerprint density at radius 1 is 0.939 bits per heavy atom. The molecule has 1 saturated heterocycles. The van der Waals surface area contributed by atoms with Gasteiger partial charge in [0.15, 0.2) is 0 Å². The quantitative estimate of drug-likeness (QED) is 0.360. The van der Waals surface area contributed by atoms with Crippen LogP contribution in [0.25, 0.3) is 11.0 Å². The van der Waals surface area contributed by atoms with E-state index >= 15 is 0 Å². The highest BCUT2D eigenvalue weighted by molar-refractivity contribution is 6.04. The third kappa shape index (κ3) is 9.97. The van der Waals surface area contributed by atoms with E-state index < -0.39 is 29.9 Å². The molecule has 13 heteroatoms. The molecule has 13 nitrogen and oxygen atoms in total. The zero-order valence-electron chi connectivity index (χ0n) is 28.9. The van der Waals surface area contributed by atoms with Crippen molar-refractivity contribution < 1.29 is 28.7 Å². The number of hydrogen-bond acceptors (Lipinski definition) is 8. The Labute approximate surface area is 287 Å². The van der Waals surface area contributed by atoms with Crippen molar-refractivity contribution in [2.45, 2.75) is 71.0 Å². The van der Waals surface area contributed by atoms with E-state index in [1.165, 1.54) is 18.1 Å². The number of nitrogens with one attached hydrogen (secondary N) is 3. The number of likely N-dealkylation sites (N-methyl/N-ethyl adjacent to an activating group) is 1. The van der Waals surface area contributed by atoms with Crippen molar-refractivity contribution in [2.75, 3.05) is 33.8 Å². The van der Waals surface area contributed by atoms with Gasteiger partial charge in [0.05, 0.1) is 18.2 Å². The van der Waals surface area contributed by atoms with E-state index in [1.54, 1.807) is 55.5 Å². The van der Waals surface area contributed by atoms with E-state index in [4.69, 9.17) is 4.74 Å². The van der Waals surface area contributed by atoms with Crippen molar-refractivity contribution in [3.05, 3.63) is 66.0 Å². The van der Waals surface area contributed by atoms with Gasteiger partial charge in [-0.25, -0.2) is 0 Å². The fourth-order valence-electron chi connectivity index (χ4n) is 5.76. The first-order valence-corrected chi connectivity index (χ1v) is 16.7. The Morgan fingerprint density at radius 3 is 2.37 bits per heavy atom. The summed E-state index contributed by atoms with van der Waals surface area (Å²) < 4.78 is 5.25. The maximum absolute atomic E-state index is 13.9. The SMILES string of the molecule is COc1ccc(C[C@@H]2NC(=O)[C@@H](CC(C)C)NC(=O)CCCN(C(=O)c3cccc4nccnc34)CCCNC(=O)[C@H](C)N(C)C2=O)cc1. The molecule has 0 bridgehead atoms. The Hall–Kier alpha value is -5.07. The van der Waals surface area contributed by atoms with Gasteiger partial charge < -0.3 is 30.5 Å². The van der Waals surface area contributed by atoms with Crippen LogP contribution >= 0.6 is 0 Å². The molecule has 1 fully saturated rings. The molecule has 3 N–H and O–H groups in total. The molecule has 2 aromatic carbocycles. The number of ether oxygens (including phenoxy) is 1. The van der Waals surface area contributed by atoms with Crippen LogP contribution in [0, 0.1) is 5.92 Å². The highest BCUT2D eigenvalue weighted by Gasteiger charge is 2.32. The first-order valence-electron chi connectivity index (χ1n) is 16.7. The second-order valence-corrected chi connectivity index (χ2v) is 12.8. The van der Waals surface area contributed by atoms with E-state index in [0.717, 1.165) is 5.56 Å². The molecule has 0 saturated carbocycles. The highest BCUT2D eigenvalue weighted by Crippen LogP contribution is 2.18. The normalized spacial score (nSPS) is 20.7. The summed E-state index contributed by atoms with van der Waals surface area (Å²) in [4.78, 5) is 79.5. The van der Waals surface area contributed by atoms with Crippen LogP contribution in [0.5, 0.6) is 5.75 Å². The molecule has 49 heavy (non-hydrogen) atoms. The molecule has 2 heterocycles. The number of benzene rings is 2. The number of carbonyl (C=O) groups is 5. The van der Waals surface area contributed by atoms with Gasteiger partial charge in [-0.2, -0.15) is 0 Å². The van der Waals surface area contributed by atoms with Crippen molar-refractivity contribution in [3.8, 4) is 5.75 Å². The minimum absolute atomic E-state index is 0.0629. The van der Waals surface area contributed by atoms with Crippen LogP contribution in [-0.4, -0.2) is 101 Å². The molecule has 3 atom stereocenters. The summed E-state index contributed by atoms with van der Waals surface area (Å²) in [7, 11) is 3.09. The second kappa shape index (κ2) is 17.4. The zero-order valence-corrected chi connectivity index (χ0v) is 28.9. The predicted molar refractivity (Wildman–Crippen MR) is 185 cm³/mol. The average molecular weight is 674 g/mol. The average Bonchev–Trinajstić information content (AvgIpc) is 3.10. The van der Waals surface area contributed by atoms with Crippen molar-refractivity contribution in [2.24, 2.45) is 5.92 Å². The van der Waals surface area contributed by atoms with Crippen molar-refractivity contribution in [3.63, 3.8) is 0 Å². The monoisotopic (exact) mass is 673 g/mol. The fourth-order valence-corrected chi connectivity index (χ4v) is 5.76. The number of nitrogens with zero attached hydrogens (tertiary/aromatic N) is 4. The third-order valence-electron chi connectivity index (χ3n) is 8.63. The van der Waals surface area contributed by atoms with Crippen LogP contribution in [-0.2, 0) is 25.6 Å². The first kappa shape index (κ1) is 36.8. The maximum atomic E-state index is 13.9. The van der Waals surface area contributed by atoms with Crippen LogP contribution in [0.2, 0.25) is 0 Å². The van der Waals surface area contributed by atoms with Gasteiger partial charge in [0.2, 0.25) is 23.6 Å². The second-order valence-electron chi connectivity index (χ2n) is 12.8. The number of hydrogen-bond donors (Lipinski definition) is 3. The van der Waals surface area contributed by atoms with Gasteiger partial charge >= 0.3 is 0 Å². The molecule has 4 rings (SSSR count). The topological polar surface area (TPSA) is 163 Å². The zero-order chi connectivity index (χ0) is 35.5. The summed E-state index contributed by atoms with van der Waals surface area (Å²) in [5.74, 6) is -1.17. The van der Waals surface area contributed by atoms with Gasteiger partial charge in [-0.15, -0.1) is 0 Å². The lowest BCUT2D eigenvalue weighted by atomic mass is 10.00.